The summed E-state index contributed by atoms with van der Waals surface area (Å²) in [5.41, 5.74) is 12.3. The molecular weight excluding hydrogens is 1520 g/mol. The van der Waals surface area contributed by atoms with E-state index in [1.807, 2.05) is 0 Å². The number of aliphatic hydroxyl groups is 3. The van der Waals surface area contributed by atoms with Crippen LogP contribution < -0.4 is 80.0 Å². The highest BCUT2D eigenvalue weighted by molar-refractivity contribution is 7.98. The number of allylic oxidation sites excluding steroid dienone is 2. The summed E-state index contributed by atoms with van der Waals surface area (Å²) in [6.07, 6.45) is -0.820. The molecule has 2 bridgehead atoms. The monoisotopic (exact) mass is 1620 g/mol. The van der Waals surface area contributed by atoms with Crippen LogP contribution in [0.2, 0.25) is 0 Å². The van der Waals surface area contributed by atoms with E-state index in [1.54, 1.807) is 58.0 Å². The van der Waals surface area contributed by atoms with Gasteiger partial charge in [-0.15, -0.1) is 0 Å². The molecule has 20 N–H and O–H groups in total. The molecule has 15 amide bonds. The van der Waals surface area contributed by atoms with Gasteiger partial charge < -0.3 is 110 Å². The largest absolute Gasteiger partial charge is 0.496 e. The summed E-state index contributed by atoms with van der Waals surface area (Å²) in [6, 6.07) is -4.12. The molecule has 7 rings (SSSR count). The second-order valence-corrected chi connectivity index (χ2v) is 30.9. The van der Waals surface area contributed by atoms with E-state index in [2.05, 4.69) is 68.8 Å². The minimum atomic E-state index is -2.53. The number of ether oxygens (including phenoxy) is 2. The van der Waals surface area contributed by atoms with Crippen LogP contribution in [0.15, 0.2) is 53.6 Å². The molecule has 1 aromatic heterocycles. The first-order valence-electron chi connectivity index (χ1n) is 37.2. The third-order valence-corrected chi connectivity index (χ3v) is 22.2. The second-order valence-electron chi connectivity index (χ2n) is 28.4. The number of H-pyrrole nitrogens is 1. The third kappa shape index (κ3) is 25.7. The number of primary amides is 2. The minimum Gasteiger partial charge on any atom is -0.496 e. The number of unbranched alkanes of at least 4 members (excludes halogenated alkanes) is 2. The molecule has 0 saturated carbocycles. The Hall–Kier alpha value is -10.6. The Morgan fingerprint density at radius 2 is 1.44 bits per heavy atom. The molecular formula is C73H102N16O22S2. The van der Waals surface area contributed by atoms with Crippen LogP contribution in [0.25, 0.3) is 10.9 Å². The Kier molecular flexibility index (Phi) is 34.0. The number of nitrogens with one attached hydrogen (secondary N) is 13. The molecule has 4 aliphatic rings. The molecule has 1 unspecified atom stereocenters. The van der Waals surface area contributed by atoms with Crippen LogP contribution in [-0.4, -0.2) is 242 Å². The fourth-order valence-corrected chi connectivity index (χ4v) is 15.4. The van der Waals surface area contributed by atoms with E-state index in [-0.39, 0.29) is 89.3 Å². The normalized spacial score (nSPS) is 22.3. The number of alkyl carbamates (subject to hydrolysis) is 1. The van der Waals surface area contributed by atoms with Crippen molar-refractivity contribution in [2.75, 3.05) is 63.3 Å². The van der Waals surface area contributed by atoms with Gasteiger partial charge in [-0.05, 0) is 85.1 Å². The van der Waals surface area contributed by atoms with Crippen molar-refractivity contribution >= 4 is 134 Å². The number of aromatic amines is 1. The molecule has 1 saturated heterocycles. The number of carbonyl (C=O) groups is 16. The van der Waals surface area contributed by atoms with Crippen molar-refractivity contribution in [3.8, 4) is 5.75 Å². The molecule has 113 heavy (non-hydrogen) atoms. The number of aromatic nitrogens is 1. The highest BCUT2D eigenvalue weighted by Crippen LogP contribution is 2.36. The predicted molar refractivity (Wildman–Crippen MR) is 408 cm³/mol. The SMILES string of the molecule is CC[C@H](C)[C@@H]1NC(=O)CNC(=O)[C@@H]2Cc3c([nH]c4c(CSCCNC(=O)OCc5ccc(NC(=O)[C@H](CCCNC(N)=O)NC(=O)[C@@H](NC(=O)CCCCCC6C(=O)C=CC6=O)C(C)C)cc5)c(OC)ccc34)S(=O)C[C@H](NC(=O)CNC1=O)C(=O)N[C@@H](CC(N)=O)C(=O)N1C[C@H](O)C[C@H]1C(=O)N[C@@H]([C@@H](C)[C@@H](O)CO)C(=O)N2. The maximum absolute atomic E-state index is 15.4. The van der Waals surface area contributed by atoms with E-state index in [0.29, 0.717) is 48.9 Å². The van der Waals surface area contributed by atoms with Crippen LogP contribution in [-0.2, 0) is 101 Å². The lowest BCUT2D eigenvalue weighted by molar-refractivity contribution is -0.144. The summed E-state index contributed by atoms with van der Waals surface area (Å²) in [4.78, 5) is 221. The zero-order chi connectivity index (χ0) is 82.9. The molecule has 40 heteroatoms. The number of hydrogen-bond acceptors (Lipinski definition) is 23. The number of thioether (sulfide) groups is 1. The van der Waals surface area contributed by atoms with Gasteiger partial charge in [0.15, 0.2) is 11.6 Å². The van der Waals surface area contributed by atoms with Gasteiger partial charge in [0.2, 0.25) is 70.9 Å². The number of ketones is 2. The van der Waals surface area contributed by atoms with Crippen LogP contribution in [0.5, 0.6) is 5.75 Å². The van der Waals surface area contributed by atoms with Crippen molar-refractivity contribution in [1.82, 2.24) is 68.4 Å². The molecule has 618 valence electrons. The lowest BCUT2D eigenvalue weighted by Gasteiger charge is -2.32. The molecule has 3 aromatic rings. The van der Waals surface area contributed by atoms with Crippen LogP contribution in [0.1, 0.15) is 116 Å². The number of amides is 15. The summed E-state index contributed by atoms with van der Waals surface area (Å²) in [5, 5.41) is 62.9. The number of nitrogens with two attached hydrogens (primary N) is 2. The molecule has 0 radical (unpaired) electrons. The average Bonchev–Trinajstić information content (AvgIpc) is 1.61. The second kappa shape index (κ2) is 42.9. The summed E-state index contributed by atoms with van der Waals surface area (Å²) in [7, 11) is -1.16. The summed E-state index contributed by atoms with van der Waals surface area (Å²) >= 11 is 1.27. The fourth-order valence-electron chi connectivity index (χ4n) is 13.1. The van der Waals surface area contributed by atoms with Crippen LogP contribution in [0.3, 0.4) is 0 Å². The predicted octanol–water partition coefficient (Wildman–Crippen LogP) is -3.17. The van der Waals surface area contributed by atoms with Gasteiger partial charge in [-0.3, -0.25) is 71.3 Å². The Morgan fingerprint density at radius 3 is 2.10 bits per heavy atom. The summed E-state index contributed by atoms with van der Waals surface area (Å²) in [5.74, 6) is -15.2. The van der Waals surface area contributed by atoms with Gasteiger partial charge in [-0.2, -0.15) is 11.8 Å². The molecule has 4 heterocycles. The zero-order valence-electron chi connectivity index (χ0n) is 63.6. The molecule has 13 atom stereocenters. The number of benzene rings is 2. The standard InChI is InChI=1S/C73H102N16O22S2/c1-7-37(4)60-67(103)79-29-57(97)81-49-35-113(109)70-44(27-47(63(99)78-30-58(98)86-60)83-69(105)61(38(5)53(94)32-90)87-66(102)50-26-41(91)31-89(50)71(106)48(28-55(74)95)84-65(49)101)42-19-22-54(110-6)45(62(42)88-70)34-112-25-24-77-73(108)111-33-39-15-17-40(18-16-39)80-64(100)46(13-11-23-76-72(75)107)82-68(104)59(36(2)3)85-56(96)14-10-8-9-12-43-51(92)20-21-52(43)93/h15-22,36-38,41,43,46-50,53,59-61,88,90-91,94H,7-14,23-35H2,1-6H3,(H2,74,95)(H,77,108)(H,78,99)(H,79,103)(H,80,100)(H,81,97)(H,82,104)(H,83,105)(H,84,101)(H,85,96)(H,86,98)(H,87,102)(H3,75,76,107)/t37-,38-,41+,46-,47-,48-,49-,50-,53-,59-,60-,61-,113?/m0/s1. The quantitative estimate of drug-likeness (QED) is 0.0223. The highest BCUT2D eigenvalue weighted by atomic mass is 32.2. The van der Waals surface area contributed by atoms with E-state index in [9.17, 15) is 92.0 Å². The van der Waals surface area contributed by atoms with E-state index < -0.39 is 229 Å². The molecule has 1 fully saturated rings. The Bertz CT molecular complexity index is 4070. The van der Waals surface area contributed by atoms with Crippen molar-refractivity contribution in [2.24, 2.45) is 35.1 Å². The van der Waals surface area contributed by atoms with Gasteiger partial charge in [0.25, 0.3) is 0 Å². The number of rotatable bonds is 31. The van der Waals surface area contributed by atoms with Crippen molar-refractivity contribution in [3.05, 3.63) is 65.2 Å². The van der Waals surface area contributed by atoms with Crippen LogP contribution >= 0.6 is 11.8 Å². The van der Waals surface area contributed by atoms with Crippen molar-refractivity contribution < 1.29 is 106 Å². The average molecular weight is 1620 g/mol. The van der Waals surface area contributed by atoms with E-state index >= 15 is 4.21 Å². The number of nitrogens with zero attached hydrogens (tertiary/aromatic N) is 1. The smallest absolute Gasteiger partial charge is 0.407 e. The van der Waals surface area contributed by atoms with Crippen molar-refractivity contribution in [3.63, 3.8) is 0 Å². The molecule has 0 spiro atoms. The third-order valence-electron chi connectivity index (χ3n) is 19.7. The Morgan fingerprint density at radius 1 is 0.752 bits per heavy atom. The zero-order valence-corrected chi connectivity index (χ0v) is 65.2. The first-order chi connectivity index (χ1) is 53.7. The Labute approximate surface area is 657 Å². The number of aliphatic hydroxyl groups excluding tert-OH is 3. The summed E-state index contributed by atoms with van der Waals surface area (Å²) < 4.78 is 26.8. The molecule has 1 aliphatic carbocycles. The molecule has 2 aromatic carbocycles. The van der Waals surface area contributed by atoms with Gasteiger partial charge in [0, 0.05) is 73.0 Å². The number of hydrogen-bond donors (Lipinski definition) is 18. The maximum Gasteiger partial charge on any atom is 0.407 e. The van der Waals surface area contributed by atoms with Gasteiger partial charge in [0.1, 0.15) is 65.7 Å². The van der Waals surface area contributed by atoms with E-state index in [1.165, 1.54) is 44.0 Å². The molecule has 3 aliphatic heterocycles. The first kappa shape index (κ1) is 89.6. The number of methoxy groups -OCH3 is 1. The Balaban J connectivity index is 1.09. The van der Waals surface area contributed by atoms with Gasteiger partial charge in [-0.25, -0.2) is 9.59 Å². The lowest BCUT2D eigenvalue weighted by atomic mass is 9.93. The minimum absolute atomic E-state index is 0.0283. The van der Waals surface area contributed by atoms with E-state index in [4.69, 9.17) is 20.9 Å². The number of fused-ring (bicyclic) bond motifs is 5. The van der Waals surface area contributed by atoms with Crippen molar-refractivity contribution in [2.45, 2.75) is 183 Å². The fraction of sp³-hybridized carbons (Fsp3) is 0.562. The highest BCUT2D eigenvalue weighted by Gasteiger charge is 2.46. The topological polar surface area (TPSA) is 585 Å². The number of carbonyl (C=O) groups excluding carboxylic acids is 16. The first-order valence-corrected chi connectivity index (χ1v) is 39.7. The van der Waals surface area contributed by atoms with Crippen LogP contribution in [0, 0.1) is 23.7 Å². The van der Waals surface area contributed by atoms with Gasteiger partial charge >= 0.3 is 12.1 Å². The van der Waals surface area contributed by atoms with Crippen molar-refractivity contribution in [1.29, 1.82) is 0 Å². The van der Waals surface area contributed by atoms with Crippen LogP contribution in [0.4, 0.5) is 15.3 Å². The molecule has 38 nitrogen and oxygen atoms in total. The van der Waals surface area contributed by atoms with Gasteiger partial charge in [-0.1, -0.05) is 66.0 Å². The number of anilines is 1. The maximum atomic E-state index is 15.4. The van der Waals surface area contributed by atoms with Gasteiger partial charge in [0.05, 0.1) is 73.4 Å². The van der Waals surface area contributed by atoms with E-state index in [0.717, 1.165) is 4.90 Å². The lowest BCUT2D eigenvalue weighted by Crippen LogP contribution is -2.62. The summed E-state index contributed by atoms with van der Waals surface area (Å²) in [6.45, 7) is 4.79. The number of urea groups is 1.